The Morgan fingerprint density at radius 1 is 1.17 bits per heavy atom. The highest BCUT2D eigenvalue weighted by Gasteiger charge is 2.44. The molecule has 8 heteroatoms. The SMILES string of the molecule is C#CCC1CCC(=O)NCCCCOc2cc(F)cc(c2)CC(C(O)CNC2(c3cccc(C#C)c3)CC2)NC1=O. The Hall–Kier alpha value is -3.85. The van der Waals surface area contributed by atoms with Gasteiger partial charge in [-0.25, -0.2) is 4.39 Å². The summed E-state index contributed by atoms with van der Waals surface area (Å²) in [5.41, 5.74) is 2.13. The number of aliphatic hydroxyl groups excluding tert-OH is 1. The molecule has 216 valence electrons. The predicted molar refractivity (Wildman–Crippen MR) is 155 cm³/mol. The van der Waals surface area contributed by atoms with Crippen LogP contribution in [0.3, 0.4) is 0 Å². The van der Waals surface area contributed by atoms with Crippen molar-refractivity contribution in [1.82, 2.24) is 16.0 Å². The summed E-state index contributed by atoms with van der Waals surface area (Å²) in [6, 6.07) is 11.5. The average Bonchev–Trinajstić information content (AvgIpc) is 3.76. The number of terminal acetylenes is 2. The second-order valence-electron chi connectivity index (χ2n) is 10.9. The Balaban J connectivity index is 1.55. The standard InChI is InChI=1S/C33H38FN3O4/c1-3-8-25-11-12-31(39)35-15-5-6-16-41-28-19-24(18-27(34)21-28)20-29(37-32(25)40)30(38)22-36-33(13-14-33)26-10-7-9-23(4-2)17-26/h1-2,7,9-10,17-19,21,25,29-30,36,38H,5-6,8,11-16,20,22H2,(H,35,39)(H,37,40). The number of benzene rings is 2. The lowest BCUT2D eigenvalue weighted by molar-refractivity contribution is -0.127. The molecule has 0 radical (unpaired) electrons. The Labute approximate surface area is 241 Å². The smallest absolute Gasteiger partial charge is 0.224 e. The van der Waals surface area contributed by atoms with Crippen LogP contribution >= 0.6 is 0 Å². The van der Waals surface area contributed by atoms with Crippen LogP contribution in [0.15, 0.2) is 42.5 Å². The summed E-state index contributed by atoms with van der Waals surface area (Å²) >= 11 is 0. The first-order chi connectivity index (χ1) is 19.8. The molecule has 4 N–H and O–H groups in total. The van der Waals surface area contributed by atoms with Gasteiger partial charge in [0.15, 0.2) is 0 Å². The molecule has 7 nitrogen and oxygen atoms in total. The topological polar surface area (TPSA) is 99.7 Å². The van der Waals surface area contributed by atoms with Crippen molar-refractivity contribution in [3.8, 4) is 30.4 Å². The highest BCUT2D eigenvalue weighted by Crippen LogP contribution is 2.45. The Kier molecular flexibility index (Phi) is 10.4. The molecular weight excluding hydrogens is 521 g/mol. The van der Waals surface area contributed by atoms with Crippen molar-refractivity contribution in [1.29, 1.82) is 0 Å². The summed E-state index contributed by atoms with van der Waals surface area (Å²) in [5, 5.41) is 20.7. The molecule has 1 aliphatic carbocycles. The van der Waals surface area contributed by atoms with Gasteiger partial charge in [0.05, 0.1) is 18.8 Å². The van der Waals surface area contributed by atoms with Crippen LogP contribution in [0, 0.1) is 36.4 Å². The van der Waals surface area contributed by atoms with E-state index in [1.54, 1.807) is 6.07 Å². The fraction of sp³-hybridized carbons (Fsp3) is 0.455. The highest BCUT2D eigenvalue weighted by atomic mass is 19.1. The summed E-state index contributed by atoms with van der Waals surface area (Å²) in [6.07, 6.45) is 14.1. The van der Waals surface area contributed by atoms with E-state index in [1.165, 1.54) is 12.1 Å². The van der Waals surface area contributed by atoms with Crippen molar-refractivity contribution in [3.05, 3.63) is 65.0 Å². The van der Waals surface area contributed by atoms with Crippen LogP contribution in [-0.4, -0.2) is 48.8 Å². The molecule has 2 aliphatic rings. The van der Waals surface area contributed by atoms with E-state index in [0.717, 1.165) is 24.0 Å². The Bertz CT molecular complexity index is 1310. The van der Waals surface area contributed by atoms with E-state index < -0.39 is 23.9 Å². The van der Waals surface area contributed by atoms with Crippen LogP contribution in [-0.2, 0) is 21.5 Å². The zero-order valence-corrected chi connectivity index (χ0v) is 23.3. The number of rotatable bonds is 6. The number of ether oxygens (including phenoxy) is 1. The fourth-order valence-electron chi connectivity index (χ4n) is 5.21. The van der Waals surface area contributed by atoms with Gasteiger partial charge in [-0.15, -0.1) is 18.8 Å². The maximum atomic E-state index is 14.5. The molecular formula is C33H38FN3O4. The van der Waals surface area contributed by atoms with Gasteiger partial charge in [0.25, 0.3) is 0 Å². The fourth-order valence-corrected chi connectivity index (χ4v) is 5.21. The molecule has 2 amide bonds. The summed E-state index contributed by atoms with van der Waals surface area (Å²) in [4.78, 5) is 25.7. The van der Waals surface area contributed by atoms with Crippen LogP contribution in [0.1, 0.15) is 61.6 Å². The van der Waals surface area contributed by atoms with Crippen LogP contribution < -0.4 is 20.7 Å². The van der Waals surface area contributed by atoms with E-state index >= 15 is 0 Å². The lowest BCUT2D eigenvalue weighted by Gasteiger charge is -2.29. The zero-order chi connectivity index (χ0) is 29.2. The van der Waals surface area contributed by atoms with Crippen molar-refractivity contribution in [2.45, 2.75) is 69.1 Å². The zero-order valence-electron chi connectivity index (χ0n) is 23.3. The normalized spacial score (nSPS) is 22.0. The number of carbonyl (C=O) groups excluding carboxylic acids is 2. The van der Waals surface area contributed by atoms with Gasteiger partial charge in [0.1, 0.15) is 11.6 Å². The molecule has 2 aromatic rings. The predicted octanol–water partition coefficient (Wildman–Crippen LogP) is 3.18. The minimum Gasteiger partial charge on any atom is -0.493 e. The molecule has 0 spiro atoms. The van der Waals surface area contributed by atoms with Crippen molar-refractivity contribution >= 4 is 11.8 Å². The average molecular weight is 560 g/mol. The molecule has 0 saturated heterocycles. The molecule has 1 heterocycles. The van der Waals surface area contributed by atoms with E-state index in [1.807, 2.05) is 24.3 Å². The van der Waals surface area contributed by atoms with E-state index in [9.17, 15) is 19.1 Å². The van der Waals surface area contributed by atoms with Gasteiger partial charge >= 0.3 is 0 Å². The van der Waals surface area contributed by atoms with Gasteiger partial charge in [-0.2, -0.15) is 0 Å². The summed E-state index contributed by atoms with van der Waals surface area (Å²) in [6.45, 7) is 1.04. The van der Waals surface area contributed by atoms with E-state index in [2.05, 4.69) is 27.8 Å². The monoisotopic (exact) mass is 559 g/mol. The Morgan fingerprint density at radius 3 is 2.76 bits per heavy atom. The van der Waals surface area contributed by atoms with Crippen molar-refractivity contribution < 1.29 is 23.8 Å². The van der Waals surface area contributed by atoms with Crippen LogP contribution in [0.5, 0.6) is 5.75 Å². The van der Waals surface area contributed by atoms with Gasteiger partial charge in [-0.3, -0.25) is 9.59 Å². The van der Waals surface area contributed by atoms with Crippen LogP contribution in [0.25, 0.3) is 0 Å². The van der Waals surface area contributed by atoms with Crippen molar-refractivity contribution in [3.63, 3.8) is 0 Å². The molecule has 1 saturated carbocycles. The molecule has 1 aliphatic heterocycles. The van der Waals surface area contributed by atoms with Gasteiger partial charge in [0, 0.05) is 49.0 Å². The second kappa shape index (κ2) is 14.2. The first-order valence-electron chi connectivity index (χ1n) is 14.2. The van der Waals surface area contributed by atoms with Gasteiger partial charge in [-0.1, -0.05) is 18.1 Å². The first-order valence-corrected chi connectivity index (χ1v) is 14.2. The molecule has 2 bridgehead atoms. The third kappa shape index (κ3) is 8.57. The third-order valence-corrected chi connectivity index (χ3v) is 7.78. The molecule has 41 heavy (non-hydrogen) atoms. The maximum Gasteiger partial charge on any atom is 0.224 e. The molecule has 3 unspecified atom stereocenters. The largest absolute Gasteiger partial charge is 0.493 e. The molecule has 0 aromatic heterocycles. The van der Waals surface area contributed by atoms with E-state index in [4.69, 9.17) is 17.6 Å². The first kappa shape index (κ1) is 30.1. The second-order valence-corrected chi connectivity index (χ2v) is 10.9. The summed E-state index contributed by atoms with van der Waals surface area (Å²) in [5.74, 6) is 4.01. The number of hydrogen-bond donors (Lipinski definition) is 4. The van der Waals surface area contributed by atoms with Gasteiger partial charge in [0.2, 0.25) is 11.8 Å². The lowest BCUT2D eigenvalue weighted by atomic mass is 9.95. The van der Waals surface area contributed by atoms with Gasteiger partial charge < -0.3 is 25.8 Å². The summed E-state index contributed by atoms with van der Waals surface area (Å²) in [7, 11) is 0. The van der Waals surface area contributed by atoms with Crippen LogP contribution in [0.2, 0.25) is 0 Å². The number of carbonyl (C=O) groups is 2. The molecule has 3 atom stereocenters. The summed E-state index contributed by atoms with van der Waals surface area (Å²) < 4.78 is 20.3. The number of hydrogen-bond acceptors (Lipinski definition) is 5. The molecule has 4 rings (SSSR count). The number of halogens is 1. The van der Waals surface area contributed by atoms with Gasteiger partial charge in [-0.05, 0) is 73.9 Å². The lowest BCUT2D eigenvalue weighted by Crippen LogP contribution is -2.51. The molecule has 2 aromatic carbocycles. The number of aliphatic hydroxyl groups is 1. The van der Waals surface area contributed by atoms with E-state index in [-0.39, 0.29) is 49.6 Å². The highest BCUT2D eigenvalue weighted by molar-refractivity contribution is 5.81. The van der Waals surface area contributed by atoms with Crippen molar-refractivity contribution in [2.24, 2.45) is 5.92 Å². The van der Waals surface area contributed by atoms with E-state index in [0.29, 0.717) is 37.3 Å². The number of amides is 2. The van der Waals surface area contributed by atoms with Crippen LogP contribution in [0.4, 0.5) is 4.39 Å². The minimum absolute atomic E-state index is 0.150. The number of nitrogens with one attached hydrogen (secondary N) is 3. The number of fused-ring (bicyclic) bond motifs is 2. The minimum atomic E-state index is -1.00. The third-order valence-electron chi connectivity index (χ3n) is 7.78. The maximum absolute atomic E-state index is 14.5. The molecule has 1 fully saturated rings. The Morgan fingerprint density at radius 2 is 2.00 bits per heavy atom. The van der Waals surface area contributed by atoms with Crippen molar-refractivity contribution in [2.75, 3.05) is 19.7 Å². The quantitative estimate of drug-likeness (QED) is 0.408.